The second kappa shape index (κ2) is 4.66. The lowest BCUT2D eigenvalue weighted by atomic mass is 10.1. The SMILES string of the molecule is Cc1ccc(N2CCS(=O)(=O)CC2)c(CO)c1. The average molecular weight is 255 g/mol. The molecule has 1 aliphatic heterocycles. The van der Waals surface area contributed by atoms with Gasteiger partial charge in [0.2, 0.25) is 0 Å². The normalized spacial score (nSPS) is 19.3. The van der Waals surface area contributed by atoms with Crippen molar-refractivity contribution >= 4 is 15.5 Å². The predicted molar refractivity (Wildman–Crippen MR) is 68.0 cm³/mol. The fourth-order valence-corrected chi connectivity index (χ4v) is 3.30. The molecule has 0 saturated carbocycles. The number of hydrogen-bond acceptors (Lipinski definition) is 4. The lowest BCUT2D eigenvalue weighted by Crippen LogP contribution is -2.40. The number of aliphatic hydroxyl groups excluding tert-OH is 1. The number of nitrogens with zero attached hydrogens (tertiary/aromatic N) is 1. The van der Waals surface area contributed by atoms with E-state index in [-0.39, 0.29) is 18.1 Å². The summed E-state index contributed by atoms with van der Waals surface area (Å²) in [6.45, 7) is 2.99. The van der Waals surface area contributed by atoms with Crippen LogP contribution in [0.1, 0.15) is 11.1 Å². The van der Waals surface area contributed by atoms with Crippen LogP contribution in [0.5, 0.6) is 0 Å². The minimum atomic E-state index is -2.86. The van der Waals surface area contributed by atoms with E-state index in [2.05, 4.69) is 0 Å². The van der Waals surface area contributed by atoms with Crippen LogP contribution in [-0.4, -0.2) is 38.1 Å². The molecular weight excluding hydrogens is 238 g/mol. The van der Waals surface area contributed by atoms with Gasteiger partial charge < -0.3 is 10.0 Å². The van der Waals surface area contributed by atoms with Gasteiger partial charge in [-0.15, -0.1) is 0 Å². The first-order valence-electron chi connectivity index (χ1n) is 5.67. The van der Waals surface area contributed by atoms with Gasteiger partial charge in [0.1, 0.15) is 0 Å². The lowest BCUT2D eigenvalue weighted by molar-refractivity contribution is 0.282. The molecule has 4 nitrogen and oxygen atoms in total. The first-order valence-corrected chi connectivity index (χ1v) is 7.50. The molecule has 17 heavy (non-hydrogen) atoms. The summed E-state index contributed by atoms with van der Waals surface area (Å²) in [5.74, 6) is 0.400. The predicted octanol–water partition coefficient (Wildman–Crippen LogP) is 0.722. The Bertz CT molecular complexity index is 496. The first-order chi connectivity index (χ1) is 8.02. The Labute approximate surface area is 102 Å². The van der Waals surface area contributed by atoms with E-state index in [4.69, 9.17) is 0 Å². The summed E-state index contributed by atoms with van der Waals surface area (Å²) in [7, 11) is -2.86. The molecule has 1 fully saturated rings. The Morgan fingerprint density at radius 3 is 2.53 bits per heavy atom. The molecule has 1 aromatic rings. The van der Waals surface area contributed by atoms with Crippen molar-refractivity contribution in [2.45, 2.75) is 13.5 Å². The smallest absolute Gasteiger partial charge is 0.153 e. The maximum absolute atomic E-state index is 11.4. The van der Waals surface area contributed by atoms with Crippen LogP contribution in [0.2, 0.25) is 0 Å². The molecule has 0 atom stereocenters. The van der Waals surface area contributed by atoms with Gasteiger partial charge in [-0.3, -0.25) is 0 Å². The summed E-state index contributed by atoms with van der Waals surface area (Å²) in [5.41, 5.74) is 2.92. The van der Waals surface area contributed by atoms with Crippen molar-refractivity contribution in [3.8, 4) is 0 Å². The monoisotopic (exact) mass is 255 g/mol. The molecule has 1 N–H and O–H groups in total. The molecule has 1 aliphatic rings. The molecule has 0 aliphatic carbocycles. The fourth-order valence-electron chi connectivity index (χ4n) is 2.10. The molecular formula is C12H17NO3S. The number of sulfone groups is 1. The summed E-state index contributed by atoms with van der Waals surface area (Å²) in [4.78, 5) is 2.03. The van der Waals surface area contributed by atoms with Crippen molar-refractivity contribution in [3.63, 3.8) is 0 Å². The molecule has 0 aromatic heterocycles. The van der Waals surface area contributed by atoms with Crippen molar-refractivity contribution in [3.05, 3.63) is 29.3 Å². The van der Waals surface area contributed by atoms with Gasteiger partial charge in [0.05, 0.1) is 18.1 Å². The molecule has 0 radical (unpaired) electrons. The zero-order valence-electron chi connectivity index (χ0n) is 9.89. The van der Waals surface area contributed by atoms with E-state index in [1.807, 2.05) is 30.0 Å². The maximum atomic E-state index is 11.4. The van der Waals surface area contributed by atoms with Crippen LogP contribution < -0.4 is 4.90 Å². The van der Waals surface area contributed by atoms with Crippen LogP contribution in [0.15, 0.2) is 18.2 Å². The molecule has 2 rings (SSSR count). The molecule has 0 unspecified atom stereocenters. The zero-order valence-corrected chi connectivity index (χ0v) is 10.7. The van der Waals surface area contributed by atoms with Gasteiger partial charge in [-0.1, -0.05) is 17.7 Å². The third-order valence-electron chi connectivity index (χ3n) is 3.09. The van der Waals surface area contributed by atoms with Crippen molar-refractivity contribution in [2.75, 3.05) is 29.5 Å². The molecule has 94 valence electrons. The van der Waals surface area contributed by atoms with Crippen molar-refractivity contribution < 1.29 is 13.5 Å². The van der Waals surface area contributed by atoms with Gasteiger partial charge in [-0.2, -0.15) is 0 Å². The van der Waals surface area contributed by atoms with Gasteiger partial charge >= 0.3 is 0 Å². The van der Waals surface area contributed by atoms with E-state index in [1.165, 1.54) is 0 Å². The Morgan fingerprint density at radius 2 is 1.94 bits per heavy atom. The first kappa shape index (κ1) is 12.4. The molecule has 0 spiro atoms. The number of hydrogen-bond donors (Lipinski definition) is 1. The standard InChI is InChI=1S/C12H17NO3S/c1-10-2-3-12(11(8-10)9-14)13-4-6-17(15,16)7-5-13/h2-3,8,14H,4-7,9H2,1H3. The lowest BCUT2D eigenvalue weighted by Gasteiger charge is -2.30. The van der Waals surface area contributed by atoms with Crippen LogP contribution >= 0.6 is 0 Å². The third kappa shape index (κ3) is 2.79. The highest BCUT2D eigenvalue weighted by atomic mass is 32.2. The number of aliphatic hydroxyl groups is 1. The molecule has 0 amide bonds. The van der Waals surface area contributed by atoms with E-state index >= 15 is 0 Å². The van der Waals surface area contributed by atoms with E-state index < -0.39 is 9.84 Å². The largest absolute Gasteiger partial charge is 0.392 e. The summed E-state index contributed by atoms with van der Waals surface area (Å²) >= 11 is 0. The van der Waals surface area contributed by atoms with Gasteiger partial charge in [0.15, 0.2) is 9.84 Å². The Balaban J connectivity index is 2.24. The van der Waals surface area contributed by atoms with Gasteiger partial charge in [-0.05, 0) is 13.0 Å². The summed E-state index contributed by atoms with van der Waals surface area (Å²) in [6, 6.07) is 5.88. The number of benzene rings is 1. The van der Waals surface area contributed by atoms with Crippen molar-refractivity contribution in [1.29, 1.82) is 0 Å². The van der Waals surface area contributed by atoms with Gasteiger partial charge in [0, 0.05) is 24.3 Å². The third-order valence-corrected chi connectivity index (χ3v) is 4.70. The highest BCUT2D eigenvalue weighted by molar-refractivity contribution is 7.91. The van der Waals surface area contributed by atoms with Crippen LogP contribution in [0.25, 0.3) is 0 Å². The quantitative estimate of drug-likeness (QED) is 0.846. The number of rotatable bonds is 2. The number of anilines is 1. The summed E-state index contributed by atoms with van der Waals surface area (Å²) in [5, 5.41) is 9.33. The highest BCUT2D eigenvalue weighted by Gasteiger charge is 2.22. The molecule has 1 saturated heterocycles. The molecule has 1 heterocycles. The van der Waals surface area contributed by atoms with E-state index in [9.17, 15) is 13.5 Å². The van der Waals surface area contributed by atoms with Gasteiger partial charge in [-0.25, -0.2) is 8.42 Å². The second-order valence-corrected chi connectivity index (χ2v) is 6.73. The Morgan fingerprint density at radius 1 is 1.29 bits per heavy atom. The van der Waals surface area contributed by atoms with Gasteiger partial charge in [0.25, 0.3) is 0 Å². The van der Waals surface area contributed by atoms with Crippen molar-refractivity contribution in [1.82, 2.24) is 0 Å². The van der Waals surface area contributed by atoms with E-state index in [0.29, 0.717) is 13.1 Å². The summed E-state index contributed by atoms with van der Waals surface area (Å²) in [6.07, 6.45) is 0. The minimum absolute atomic E-state index is 0.0136. The Kier molecular flexibility index (Phi) is 3.40. The molecule has 5 heteroatoms. The van der Waals surface area contributed by atoms with E-state index in [1.54, 1.807) is 0 Å². The fraction of sp³-hybridized carbons (Fsp3) is 0.500. The Hall–Kier alpha value is -1.07. The maximum Gasteiger partial charge on any atom is 0.153 e. The minimum Gasteiger partial charge on any atom is -0.392 e. The van der Waals surface area contributed by atoms with E-state index in [0.717, 1.165) is 16.8 Å². The van der Waals surface area contributed by atoms with Crippen molar-refractivity contribution in [2.24, 2.45) is 0 Å². The highest BCUT2D eigenvalue weighted by Crippen LogP contribution is 2.23. The summed E-state index contributed by atoms with van der Waals surface area (Å²) < 4.78 is 22.7. The second-order valence-electron chi connectivity index (χ2n) is 4.43. The molecule has 1 aromatic carbocycles. The van der Waals surface area contributed by atoms with Crippen LogP contribution in [0.3, 0.4) is 0 Å². The number of aryl methyl sites for hydroxylation is 1. The van der Waals surface area contributed by atoms with Crippen LogP contribution in [0.4, 0.5) is 5.69 Å². The van der Waals surface area contributed by atoms with Crippen LogP contribution in [0, 0.1) is 6.92 Å². The zero-order chi connectivity index (χ0) is 12.5. The topological polar surface area (TPSA) is 57.6 Å². The average Bonchev–Trinajstić information content (AvgIpc) is 2.29. The van der Waals surface area contributed by atoms with Crippen LogP contribution in [-0.2, 0) is 16.4 Å². The molecule has 0 bridgehead atoms.